The van der Waals surface area contributed by atoms with Gasteiger partial charge in [-0.25, -0.2) is 0 Å². The summed E-state index contributed by atoms with van der Waals surface area (Å²) >= 11 is 0. The molecule has 6 nitrogen and oxygen atoms in total. The Hall–Kier alpha value is -3.12. The van der Waals surface area contributed by atoms with E-state index in [9.17, 15) is 15.0 Å². The lowest BCUT2D eigenvalue weighted by molar-refractivity contribution is -0.00550. The third-order valence-corrected chi connectivity index (χ3v) is 5.00. The first-order chi connectivity index (χ1) is 13.0. The Labute approximate surface area is 156 Å². The molecule has 27 heavy (non-hydrogen) atoms. The van der Waals surface area contributed by atoms with Crippen LogP contribution in [-0.2, 0) is 0 Å². The topological polar surface area (TPSA) is 92.8 Å². The maximum atomic E-state index is 12.6. The molecule has 4 rings (SSSR count). The number of hydrogen-bond donors (Lipinski definition) is 2. The highest BCUT2D eigenvalue weighted by Gasteiger charge is 2.38. The van der Waals surface area contributed by atoms with Gasteiger partial charge in [0.1, 0.15) is 22.8 Å². The lowest BCUT2D eigenvalue weighted by Gasteiger charge is -2.35. The summed E-state index contributed by atoms with van der Waals surface area (Å²) < 4.78 is 11.3. The molecule has 1 atom stereocenters. The Morgan fingerprint density at radius 3 is 2.70 bits per heavy atom. The number of aromatic hydroxyl groups is 1. The molecule has 0 fully saturated rings. The highest BCUT2D eigenvalue weighted by molar-refractivity contribution is 6.01. The predicted molar refractivity (Wildman–Crippen MR) is 98.7 cm³/mol. The van der Waals surface area contributed by atoms with Gasteiger partial charge in [-0.2, -0.15) is 0 Å². The Morgan fingerprint density at radius 1 is 1.15 bits per heavy atom. The van der Waals surface area contributed by atoms with Gasteiger partial charge in [-0.15, -0.1) is 0 Å². The van der Waals surface area contributed by atoms with Crippen molar-refractivity contribution in [2.24, 2.45) is 0 Å². The quantitative estimate of drug-likeness (QED) is 0.730. The van der Waals surface area contributed by atoms with E-state index in [2.05, 4.69) is 5.16 Å². The molecule has 2 heterocycles. The number of aliphatic hydroxyl groups is 1. The smallest absolute Gasteiger partial charge is 0.170 e. The fourth-order valence-electron chi connectivity index (χ4n) is 3.27. The molecule has 0 radical (unpaired) electrons. The number of Topliss-reactive ketones (excluding diaryl/α,β-unsaturated/α-hetero) is 1. The molecule has 6 heteroatoms. The van der Waals surface area contributed by atoms with Crippen molar-refractivity contribution in [1.82, 2.24) is 5.16 Å². The summed E-state index contributed by atoms with van der Waals surface area (Å²) in [5, 5.41) is 23.6. The Bertz CT molecular complexity index is 1000. The first-order valence-corrected chi connectivity index (χ1v) is 8.78. The van der Waals surface area contributed by atoms with Crippen LogP contribution in [0.15, 0.2) is 53.1 Å². The minimum absolute atomic E-state index is 0.0746. The number of rotatable bonds is 4. The van der Waals surface area contributed by atoms with Gasteiger partial charge in [-0.1, -0.05) is 24.2 Å². The van der Waals surface area contributed by atoms with E-state index in [0.29, 0.717) is 40.3 Å². The van der Waals surface area contributed by atoms with Gasteiger partial charge in [0.2, 0.25) is 0 Å². The number of ether oxygens (including phenoxy) is 1. The van der Waals surface area contributed by atoms with Crippen LogP contribution in [0, 0.1) is 0 Å². The van der Waals surface area contributed by atoms with Crippen molar-refractivity contribution >= 4 is 5.78 Å². The molecule has 2 N–H and O–H groups in total. The van der Waals surface area contributed by atoms with Crippen LogP contribution >= 0.6 is 0 Å². The number of hydrogen-bond acceptors (Lipinski definition) is 6. The summed E-state index contributed by atoms with van der Waals surface area (Å²) in [6.07, 6.45) is 0.679. The number of benzene rings is 2. The predicted octanol–water partition coefficient (Wildman–Crippen LogP) is 3.82. The molecule has 3 aromatic rings. The summed E-state index contributed by atoms with van der Waals surface area (Å²) in [4.78, 5) is 12.6. The van der Waals surface area contributed by atoms with E-state index in [4.69, 9.17) is 9.26 Å². The number of phenols is 1. The zero-order chi connectivity index (χ0) is 19.0. The molecule has 138 valence electrons. The number of para-hydroxylation sites is 1. The zero-order valence-electron chi connectivity index (χ0n) is 14.8. The Balaban J connectivity index is 1.69. The van der Waals surface area contributed by atoms with Crippen molar-refractivity contribution in [3.05, 3.63) is 54.1 Å². The number of carbonyl (C=O) groups excluding carboxylic acids is 1. The van der Waals surface area contributed by atoms with E-state index in [-0.39, 0.29) is 24.6 Å². The summed E-state index contributed by atoms with van der Waals surface area (Å²) in [7, 11) is 0. The molecule has 0 saturated carbocycles. The van der Waals surface area contributed by atoms with Crippen LogP contribution in [0.1, 0.15) is 30.1 Å². The van der Waals surface area contributed by atoms with Gasteiger partial charge in [-0.05, 0) is 36.8 Å². The van der Waals surface area contributed by atoms with E-state index < -0.39 is 5.60 Å². The van der Waals surface area contributed by atoms with Crippen LogP contribution < -0.4 is 4.74 Å². The minimum atomic E-state index is -0.851. The molecule has 1 aliphatic rings. The van der Waals surface area contributed by atoms with Crippen LogP contribution in [0.25, 0.3) is 22.6 Å². The average molecular weight is 365 g/mol. The largest absolute Gasteiger partial charge is 0.507 e. The number of carbonyl (C=O) groups is 1. The third-order valence-electron chi connectivity index (χ3n) is 5.00. The molecule has 0 aliphatic carbocycles. The standard InChI is InChI=1S/C21H19NO5/c1-2-21(12-23)11-18(25)15-9-13(7-8-19(15)26-21)20-10-16(22-27-20)14-5-3-4-6-17(14)24/h3-10,23-24H,2,11-12H2,1H3. The number of nitrogens with zero attached hydrogens (tertiary/aromatic N) is 1. The van der Waals surface area contributed by atoms with Gasteiger partial charge >= 0.3 is 0 Å². The number of aromatic nitrogens is 1. The molecule has 0 bridgehead atoms. The van der Waals surface area contributed by atoms with Gasteiger partial charge in [-0.3, -0.25) is 4.79 Å². The molecule has 0 saturated heterocycles. The van der Waals surface area contributed by atoms with Crippen LogP contribution in [-0.4, -0.2) is 33.4 Å². The summed E-state index contributed by atoms with van der Waals surface area (Å²) in [5.41, 5.74) is 1.38. The molecule has 0 spiro atoms. The van der Waals surface area contributed by atoms with Crippen molar-refractivity contribution in [3.63, 3.8) is 0 Å². The fraction of sp³-hybridized carbons (Fsp3) is 0.238. The van der Waals surface area contributed by atoms with Gasteiger partial charge in [0.25, 0.3) is 0 Å². The Kier molecular flexibility index (Phi) is 4.20. The number of ketones is 1. The van der Waals surface area contributed by atoms with Crippen molar-refractivity contribution in [2.75, 3.05) is 6.61 Å². The number of fused-ring (bicyclic) bond motifs is 1. The molecule has 1 unspecified atom stereocenters. The third kappa shape index (κ3) is 2.98. The minimum Gasteiger partial charge on any atom is -0.507 e. The van der Waals surface area contributed by atoms with Crippen LogP contribution in [0.5, 0.6) is 11.5 Å². The second-order valence-electron chi connectivity index (χ2n) is 6.70. The van der Waals surface area contributed by atoms with Crippen molar-refractivity contribution in [2.45, 2.75) is 25.4 Å². The average Bonchev–Trinajstić information content (AvgIpc) is 3.18. The number of phenolic OH excluding ortho intramolecular Hbond substituents is 1. The van der Waals surface area contributed by atoms with Crippen molar-refractivity contribution in [3.8, 4) is 34.1 Å². The van der Waals surface area contributed by atoms with Gasteiger partial charge in [0.15, 0.2) is 11.5 Å². The maximum absolute atomic E-state index is 12.6. The summed E-state index contributed by atoms with van der Waals surface area (Å²) in [5.74, 6) is 0.991. The SMILES string of the molecule is CCC1(CO)CC(=O)c2cc(-c3cc(-c4ccccc4O)no3)ccc2O1. The van der Waals surface area contributed by atoms with Crippen LogP contribution in [0.4, 0.5) is 0 Å². The van der Waals surface area contributed by atoms with Gasteiger partial charge in [0, 0.05) is 17.2 Å². The van der Waals surface area contributed by atoms with Gasteiger partial charge < -0.3 is 19.5 Å². The summed E-state index contributed by atoms with van der Waals surface area (Å²) in [6.45, 7) is 1.68. The summed E-state index contributed by atoms with van der Waals surface area (Å²) in [6, 6.07) is 13.8. The highest BCUT2D eigenvalue weighted by atomic mass is 16.5. The molecule has 1 aromatic heterocycles. The van der Waals surface area contributed by atoms with E-state index in [1.165, 1.54) is 0 Å². The van der Waals surface area contributed by atoms with E-state index in [1.54, 1.807) is 48.5 Å². The second-order valence-corrected chi connectivity index (χ2v) is 6.70. The van der Waals surface area contributed by atoms with Crippen molar-refractivity contribution < 1.29 is 24.3 Å². The normalized spacial score (nSPS) is 18.8. The fourth-order valence-corrected chi connectivity index (χ4v) is 3.27. The highest BCUT2D eigenvalue weighted by Crippen LogP contribution is 2.38. The molecule has 1 aliphatic heterocycles. The maximum Gasteiger partial charge on any atom is 0.170 e. The second kappa shape index (κ2) is 6.55. The van der Waals surface area contributed by atoms with Crippen molar-refractivity contribution in [1.29, 1.82) is 0 Å². The van der Waals surface area contributed by atoms with E-state index in [0.717, 1.165) is 0 Å². The lowest BCUT2D eigenvalue weighted by atomic mass is 9.88. The van der Waals surface area contributed by atoms with E-state index in [1.807, 2.05) is 6.92 Å². The van der Waals surface area contributed by atoms with Gasteiger partial charge in [0.05, 0.1) is 18.6 Å². The van der Waals surface area contributed by atoms with Crippen LogP contribution in [0.3, 0.4) is 0 Å². The molecular weight excluding hydrogens is 346 g/mol. The lowest BCUT2D eigenvalue weighted by Crippen LogP contribution is -2.44. The number of aliphatic hydroxyl groups excluding tert-OH is 1. The zero-order valence-corrected chi connectivity index (χ0v) is 14.8. The Morgan fingerprint density at radius 2 is 1.96 bits per heavy atom. The molecule has 2 aromatic carbocycles. The first-order valence-electron chi connectivity index (χ1n) is 8.78. The molecule has 0 amide bonds. The first kappa shape index (κ1) is 17.3. The molecular formula is C21H19NO5. The van der Waals surface area contributed by atoms with Crippen LogP contribution in [0.2, 0.25) is 0 Å². The monoisotopic (exact) mass is 365 g/mol. The van der Waals surface area contributed by atoms with E-state index >= 15 is 0 Å².